The van der Waals surface area contributed by atoms with Gasteiger partial charge in [-0.15, -0.1) is 10.2 Å². The number of urea groups is 1. The molecule has 3 aromatic heterocycles. The summed E-state index contributed by atoms with van der Waals surface area (Å²) in [6.45, 7) is 11.7. The average molecular weight is 622 g/mol. The fraction of sp³-hybridized carbons (Fsp3) is 0.314. The number of carbonyl (C=O) groups excluding carboxylic acids is 2. The summed E-state index contributed by atoms with van der Waals surface area (Å²) in [6, 6.07) is 21.8. The summed E-state index contributed by atoms with van der Waals surface area (Å²) in [4.78, 5) is 28.8. The number of aromatic nitrogens is 4. The molecule has 5 aromatic rings. The van der Waals surface area contributed by atoms with E-state index in [0.29, 0.717) is 11.5 Å². The zero-order chi connectivity index (χ0) is 31.7. The second-order valence-corrected chi connectivity index (χ2v) is 13.9. The number of likely N-dealkylation sites (tertiary alicyclic amines) is 1. The Morgan fingerprint density at radius 1 is 0.867 bits per heavy atom. The first-order valence-corrected chi connectivity index (χ1v) is 16.1. The third kappa shape index (κ3) is 6.91. The largest absolute Gasteiger partial charge is 0.343 e. The van der Waals surface area contributed by atoms with E-state index in [9.17, 15) is 9.59 Å². The summed E-state index contributed by atoms with van der Waals surface area (Å²) in [7, 11) is 0. The number of amides is 3. The zero-order valence-electron chi connectivity index (χ0n) is 26.4. The minimum absolute atomic E-state index is 0.0645. The summed E-state index contributed by atoms with van der Waals surface area (Å²) in [5.41, 5.74) is 4.76. The SMILES string of the molecule is CC(=O)N1CCC(c2nnc3ccc(Sc4ccc(NC(=O)Nc5cc(C(C)(C)C)cn5-c5ccc(C)cc5)cc4)cn23)CC1. The lowest BCUT2D eigenvalue weighted by Gasteiger charge is -2.30. The van der Waals surface area contributed by atoms with Gasteiger partial charge in [-0.1, -0.05) is 50.2 Å². The fourth-order valence-corrected chi connectivity index (χ4v) is 6.43. The van der Waals surface area contributed by atoms with Crippen molar-refractivity contribution in [2.45, 2.75) is 68.6 Å². The highest BCUT2D eigenvalue weighted by atomic mass is 32.2. The van der Waals surface area contributed by atoms with Crippen LogP contribution in [0.2, 0.25) is 0 Å². The van der Waals surface area contributed by atoms with Crippen LogP contribution in [0.25, 0.3) is 11.3 Å². The summed E-state index contributed by atoms with van der Waals surface area (Å²) in [5, 5.41) is 14.9. The first-order valence-electron chi connectivity index (χ1n) is 15.3. The monoisotopic (exact) mass is 621 g/mol. The molecule has 1 aliphatic heterocycles. The van der Waals surface area contributed by atoms with Crippen LogP contribution in [0.1, 0.15) is 63.4 Å². The molecule has 1 saturated heterocycles. The molecular weight excluding hydrogens is 582 g/mol. The van der Waals surface area contributed by atoms with E-state index in [-0.39, 0.29) is 23.3 Å². The minimum Gasteiger partial charge on any atom is -0.343 e. The molecule has 0 radical (unpaired) electrons. The van der Waals surface area contributed by atoms with Crippen LogP contribution in [-0.2, 0) is 10.2 Å². The van der Waals surface area contributed by atoms with Crippen molar-refractivity contribution in [1.82, 2.24) is 24.1 Å². The van der Waals surface area contributed by atoms with Gasteiger partial charge < -0.3 is 14.8 Å². The number of aryl methyl sites for hydroxylation is 1. The number of pyridine rings is 1. The van der Waals surface area contributed by atoms with Gasteiger partial charge >= 0.3 is 6.03 Å². The molecule has 6 rings (SSSR count). The third-order valence-electron chi connectivity index (χ3n) is 8.29. The molecule has 10 heteroatoms. The molecule has 0 bridgehead atoms. The Labute approximate surface area is 268 Å². The van der Waals surface area contributed by atoms with E-state index in [1.807, 2.05) is 51.9 Å². The Kier molecular flexibility index (Phi) is 8.42. The Balaban J connectivity index is 1.12. The molecule has 232 valence electrons. The van der Waals surface area contributed by atoms with Crippen LogP contribution in [0.5, 0.6) is 0 Å². The van der Waals surface area contributed by atoms with E-state index in [1.54, 1.807) is 18.7 Å². The quantitative estimate of drug-likeness (QED) is 0.203. The highest BCUT2D eigenvalue weighted by Crippen LogP contribution is 2.32. The summed E-state index contributed by atoms with van der Waals surface area (Å²) < 4.78 is 4.10. The average Bonchev–Trinajstić information content (AvgIpc) is 3.63. The van der Waals surface area contributed by atoms with Crippen LogP contribution in [-0.4, -0.2) is 49.1 Å². The number of anilines is 2. The maximum absolute atomic E-state index is 13.1. The second kappa shape index (κ2) is 12.4. The van der Waals surface area contributed by atoms with Crippen LogP contribution >= 0.6 is 11.8 Å². The first kappa shape index (κ1) is 30.5. The molecular formula is C35H39N7O2S. The number of nitrogens with zero attached hydrogens (tertiary/aromatic N) is 5. The Morgan fingerprint density at radius 3 is 2.22 bits per heavy atom. The Bertz CT molecular complexity index is 1830. The van der Waals surface area contributed by atoms with Crippen LogP contribution in [0.4, 0.5) is 16.3 Å². The van der Waals surface area contributed by atoms with Crippen molar-refractivity contribution >= 4 is 40.9 Å². The lowest BCUT2D eigenvalue weighted by Crippen LogP contribution is -2.36. The predicted octanol–water partition coefficient (Wildman–Crippen LogP) is 7.65. The fourth-order valence-electron chi connectivity index (χ4n) is 5.59. The molecule has 45 heavy (non-hydrogen) atoms. The highest BCUT2D eigenvalue weighted by molar-refractivity contribution is 7.99. The maximum Gasteiger partial charge on any atom is 0.324 e. The van der Waals surface area contributed by atoms with Gasteiger partial charge in [0.1, 0.15) is 11.6 Å². The van der Waals surface area contributed by atoms with Crippen LogP contribution in [0, 0.1) is 6.92 Å². The van der Waals surface area contributed by atoms with E-state index in [2.05, 4.69) is 89.6 Å². The number of carbonyl (C=O) groups is 2. The number of benzene rings is 2. The molecule has 0 spiro atoms. The van der Waals surface area contributed by atoms with Crippen LogP contribution < -0.4 is 10.6 Å². The zero-order valence-corrected chi connectivity index (χ0v) is 27.2. The van der Waals surface area contributed by atoms with Crippen molar-refractivity contribution in [3.8, 4) is 5.69 Å². The third-order valence-corrected chi connectivity index (χ3v) is 9.28. The van der Waals surface area contributed by atoms with Crippen molar-refractivity contribution in [2.75, 3.05) is 23.7 Å². The van der Waals surface area contributed by atoms with E-state index in [0.717, 1.165) is 58.4 Å². The topological polar surface area (TPSA) is 96.6 Å². The van der Waals surface area contributed by atoms with Gasteiger partial charge in [0.05, 0.1) is 0 Å². The molecule has 0 aliphatic carbocycles. The van der Waals surface area contributed by atoms with Gasteiger partial charge in [0.2, 0.25) is 5.91 Å². The number of rotatable bonds is 6. The molecule has 3 amide bonds. The second-order valence-electron chi connectivity index (χ2n) is 12.7. The maximum atomic E-state index is 13.1. The molecule has 0 unspecified atom stereocenters. The van der Waals surface area contributed by atoms with Gasteiger partial charge in [-0.05, 0) is 85.3 Å². The lowest BCUT2D eigenvalue weighted by atomic mass is 9.89. The molecule has 0 saturated carbocycles. The number of hydrogen-bond donors (Lipinski definition) is 2. The van der Waals surface area contributed by atoms with E-state index in [1.165, 1.54) is 5.56 Å². The Hall–Kier alpha value is -4.57. The predicted molar refractivity (Wildman–Crippen MR) is 180 cm³/mol. The van der Waals surface area contributed by atoms with Crippen molar-refractivity contribution in [3.63, 3.8) is 0 Å². The van der Waals surface area contributed by atoms with E-state index < -0.39 is 0 Å². The molecule has 1 fully saturated rings. The van der Waals surface area contributed by atoms with Gasteiger partial charge in [0.15, 0.2) is 5.65 Å². The van der Waals surface area contributed by atoms with Gasteiger partial charge in [-0.25, -0.2) is 4.79 Å². The van der Waals surface area contributed by atoms with Crippen molar-refractivity contribution in [1.29, 1.82) is 0 Å². The van der Waals surface area contributed by atoms with Crippen LogP contribution in [0.15, 0.2) is 88.9 Å². The molecule has 1 aliphatic rings. The highest BCUT2D eigenvalue weighted by Gasteiger charge is 2.26. The minimum atomic E-state index is -0.304. The van der Waals surface area contributed by atoms with Gasteiger partial charge in [-0.2, -0.15) is 0 Å². The summed E-state index contributed by atoms with van der Waals surface area (Å²) in [6.07, 6.45) is 5.94. The molecule has 2 N–H and O–H groups in total. The molecule has 4 heterocycles. The number of fused-ring (bicyclic) bond motifs is 1. The lowest BCUT2D eigenvalue weighted by molar-refractivity contribution is -0.129. The molecule has 9 nitrogen and oxygen atoms in total. The summed E-state index contributed by atoms with van der Waals surface area (Å²) in [5.74, 6) is 2.06. The van der Waals surface area contributed by atoms with Crippen LogP contribution in [0.3, 0.4) is 0 Å². The first-order chi connectivity index (χ1) is 21.5. The van der Waals surface area contributed by atoms with E-state index in [4.69, 9.17) is 0 Å². The smallest absolute Gasteiger partial charge is 0.324 e. The van der Waals surface area contributed by atoms with Crippen molar-refractivity contribution < 1.29 is 9.59 Å². The molecule has 0 atom stereocenters. The number of nitrogens with one attached hydrogen (secondary N) is 2. The van der Waals surface area contributed by atoms with Gasteiger partial charge in [-0.3, -0.25) is 14.5 Å². The summed E-state index contributed by atoms with van der Waals surface area (Å²) >= 11 is 1.64. The van der Waals surface area contributed by atoms with Gasteiger partial charge in [0, 0.05) is 59.5 Å². The van der Waals surface area contributed by atoms with Gasteiger partial charge in [0.25, 0.3) is 0 Å². The standard InChI is InChI=1S/C35H39N7O2S/c1-23-6-10-28(11-7-23)41-21-26(35(3,4)5)20-32(41)37-34(44)36-27-8-12-29(13-9-27)45-30-14-15-31-38-39-33(42(31)22-30)25-16-18-40(19-17-25)24(2)43/h6-15,20-22,25H,16-19H2,1-5H3,(H2,36,37,44). The normalized spacial score (nSPS) is 14.1. The van der Waals surface area contributed by atoms with Crippen molar-refractivity contribution in [3.05, 3.63) is 96.1 Å². The number of piperidine rings is 1. The molecule has 2 aromatic carbocycles. The Morgan fingerprint density at radius 2 is 1.56 bits per heavy atom. The number of hydrogen-bond acceptors (Lipinski definition) is 5. The van der Waals surface area contributed by atoms with Crippen molar-refractivity contribution in [2.24, 2.45) is 0 Å². The van der Waals surface area contributed by atoms with E-state index >= 15 is 0 Å².